The van der Waals surface area contributed by atoms with Crippen LogP contribution >= 0.6 is 0 Å². The summed E-state index contributed by atoms with van der Waals surface area (Å²) in [5, 5.41) is 6.55. The van der Waals surface area contributed by atoms with E-state index in [1.165, 1.54) is 60.1 Å². The topological polar surface area (TPSA) is 8.29 Å². The third kappa shape index (κ3) is 1.71. The van der Waals surface area contributed by atoms with Crippen LogP contribution in [0.1, 0.15) is 18.1 Å². The van der Waals surface area contributed by atoms with E-state index < -0.39 is 0 Å². The van der Waals surface area contributed by atoms with Gasteiger partial charge in [-0.1, -0.05) is 49.0 Å². The van der Waals surface area contributed by atoms with Gasteiger partial charge in [-0.05, 0) is 36.4 Å². The van der Waals surface area contributed by atoms with Crippen LogP contribution in [0, 0.1) is 6.92 Å². The van der Waals surface area contributed by atoms with Crippen LogP contribution in [-0.4, -0.2) is 4.40 Å². The predicted octanol–water partition coefficient (Wildman–Crippen LogP) is 6.16. The highest BCUT2D eigenvalue weighted by molar-refractivity contribution is 6.26. The molecule has 3 heterocycles. The fourth-order valence-corrected chi connectivity index (χ4v) is 5.01. The zero-order valence-electron chi connectivity index (χ0n) is 16.4. The van der Waals surface area contributed by atoms with Crippen LogP contribution in [0.5, 0.6) is 0 Å². The summed E-state index contributed by atoms with van der Waals surface area (Å²) in [6.45, 7) is 8.63. The van der Waals surface area contributed by atoms with Crippen molar-refractivity contribution in [2.45, 2.75) is 13.8 Å². The summed E-state index contributed by atoms with van der Waals surface area (Å²) in [4.78, 5) is 0. The molecule has 0 atom stereocenters. The maximum absolute atomic E-state index is 4.30. The molecule has 0 fully saturated rings. The van der Waals surface area contributed by atoms with Crippen molar-refractivity contribution in [3.05, 3.63) is 78.5 Å². The van der Waals surface area contributed by atoms with Gasteiger partial charge in [0, 0.05) is 22.4 Å². The summed E-state index contributed by atoms with van der Waals surface area (Å²) in [5.74, 6) is 0. The number of nitrogens with zero attached hydrogens (tertiary/aromatic N) is 2. The molecule has 3 aromatic carbocycles. The van der Waals surface area contributed by atoms with Gasteiger partial charge in [-0.25, -0.2) is 4.57 Å². The van der Waals surface area contributed by atoms with E-state index in [4.69, 9.17) is 0 Å². The molecule has 6 aromatic rings. The van der Waals surface area contributed by atoms with Gasteiger partial charge < -0.3 is 4.40 Å². The highest BCUT2D eigenvalue weighted by atomic mass is 15.0. The average Bonchev–Trinajstić information content (AvgIpc) is 3.03. The maximum Gasteiger partial charge on any atom is 0.224 e. The Labute approximate surface area is 163 Å². The molecular formula is C26H21N2+. The molecule has 0 N–H and O–H groups in total. The summed E-state index contributed by atoms with van der Waals surface area (Å²) in [6.07, 6.45) is 2.18. The Morgan fingerprint density at radius 2 is 1.71 bits per heavy atom. The Morgan fingerprint density at radius 3 is 2.54 bits per heavy atom. The fraction of sp³-hybridized carbons (Fsp3) is 0.115. The van der Waals surface area contributed by atoms with Gasteiger partial charge in [0.25, 0.3) is 0 Å². The monoisotopic (exact) mass is 361 g/mol. The molecule has 3 aromatic heterocycles. The molecule has 0 aliphatic carbocycles. The van der Waals surface area contributed by atoms with Crippen LogP contribution in [0.2, 0.25) is 0 Å². The number of allylic oxidation sites excluding steroid dienone is 1. The van der Waals surface area contributed by atoms with Crippen LogP contribution < -0.4 is 4.57 Å². The largest absolute Gasteiger partial charge is 0.307 e. The van der Waals surface area contributed by atoms with Gasteiger partial charge in [0.15, 0.2) is 6.20 Å². The minimum absolute atomic E-state index is 1.09. The van der Waals surface area contributed by atoms with E-state index in [2.05, 4.69) is 97.2 Å². The molecule has 2 heteroatoms. The summed E-state index contributed by atoms with van der Waals surface area (Å²) >= 11 is 0. The summed E-state index contributed by atoms with van der Waals surface area (Å²) in [7, 11) is 2.16. The molecule has 0 unspecified atom stereocenters. The number of para-hydroxylation sites is 1. The zero-order chi connectivity index (χ0) is 19.2. The highest BCUT2D eigenvalue weighted by Crippen LogP contribution is 2.42. The third-order valence-electron chi connectivity index (χ3n) is 6.24. The number of hydrogen-bond acceptors (Lipinski definition) is 0. The van der Waals surface area contributed by atoms with E-state index in [1.807, 2.05) is 0 Å². The van der Waals surface area contributed by atoms with E-state index in [9.17, 15) is 0 Å². The van der Waals surface area contributed by atoms with Gasteiger partial charge in [-0.15, -0.1) is 0 Å². The smallest absolute Gasteiger partial charge is 0.224 e. The molecule has 28 heavy (non-hydrogen) atoms. The number of aryl methyl sites for hydroxylation is 2. The van der Waals surface area contributed by atoms with Crippen molar-refractivity contribution in [1.29, 1.82) is 0 Å². The SMILES string of the molecule is C=C(C)c1ccc2cc[n+](C)c3c4c(C)ccc5c6ccccc6n(c1c23)c54. The van der Waals surface area contributed by atoms with Gasteiger partial charge in [0.05, 0.1) is 27.3 Å². The molecule has 0 saturated carbocycles. The second kappa shape index (κ2) is 5.11. The van der Waals surface area contributed by atoms with E-state index >= 15 is 0 Å². The first-order valence-electron chi connectivity index (χ1n) is 9.72. The Bertz CT molecular complexity index is 1600. The molecule has 0 bridgehead atoms. The van der Waals surface area contributed by atoms with E-state index in [1.54, 1.807) is 0 Å². The lowest BCUT2D eigenvalue weighted by atomic mass is 9.96. The molecule has 0 saturated heterocycles. The lowest BCUT2D eigenvalue weighted by Gasteiger charge is -2.15. The number of fused-ring (bicyclic) bond motifs is 5. The van der Waals surface area contributed by atoms with Gasteiger partial charge >= 0.3 is 0 Å². The zero-order valence-corrected chi connectivity index (χ0v) is 16.4. The number of hydrogen-bond donors (Lipinski definition) is 0. The molecule has 0 aliphatic rings. The third-order valence-corrected chi connectivity index (χ3v) is 6.24. The normalized spacial score (nSPS) is 12.2. The Balaban J connectivity index is 2.17. The number of pyridine rings is 2. The van der Waals surface area contributed by atoms with Crippen molar-refractivity contribution in [1.82, 2.24) is 4.40 Å². The van der Waals surface area contributed by atoms with Crippen molar-refractivity contribution >= 4 is 54.6 Å². The van der Waals surface area contributed by atoms with Crippen molar-refractivity contribution in [2.24, 2.45) is 7.05 Å². The van der Waals surface area contributed by atoms with E-state index in [0.29, 0.717) is 0 Å². The number of benzene rings is 3. The second-order valence-electron chi connectivity index (χ2n) is 7.99. The van der Waals surface area contributed by atoms with E-state index in [-0.39, 0.29) is 0 Å². The van der Waals surface area contributed by atoms with Gasteiger partial charge in [-0.2, -0.15) is 0 Å². The minimum atomic E-state index is 1.09. The van der Waals surface area contributed by atoms with Crippen molar-refractivity contribution in [3.8, 4) is 0 Å². The minimum Gasteiger partial charge on any atom is -0.307 e. The Morgan fingerprint density at radius 1 is 0.893 bits per heavy atom. The van der Waals surface area contributed by atoms with E-state index in [0.717, 1.165) is 5.57 Å². The van der Waals surface area contributed by atoms with Crippen LogP contribution in [0.25, 0.3) is 54.6 Å². The number of aromatic nitrogens is 2. The first-order chi connectivity index (χ1) is 13.6. The fourth-order valence-electron chi connectivity index (χ4n) is 5.01. The summed E-state index contributed by atoms with van der Waals surface area (Å²) in [5.41, 5.74) is 8.76. The van der Waals surface area contributed by atoms with Gasteiger partial charge in [-0.3, -0.25) is 0 Å². The van der Waals surface area contributed by atoms with Crippen LogP contribution in [-0.2, 0) is 7.05 Å². The molecular weight excluding hydrogens is 340 g/mol. The predicted molar refractivity (Wildman–Crippen MR) is 119 cm³/mol. The van der Waals surface area contributed by atoms with Crippen molar-refractivity contribution < 1.29 is 4.57 Å². The highest BCUT2D eigenvalue weighted by Gasteiger charge is 2.24. The lowest BCUT2D eigenvalue weighted by molar-refractivity contribution is -0.643. The number of rotatable bonds is 1. The standard InChI is InChI=1S/C26H21N2/c1-15(2)18-12-10-17-13-14-27(4)26-22-16(3)9-11-20-19-7-5-6-8-21(19)28(25(20)22)24(18)23(17)26/h5-14H,1H2,2-4H3/q+1. The summed E-state index contributed by atoms with van der Waals surface area (Å²) in [6, 6.07) is 20.0. The summed E-state index contributed by atoms with van der Waals surface area (Å²) < 4.78 is 4.75. The molecule has 0 aliphatic heterocycles. The molecule has 2 nitrogen and oxygen atoms in total. The Kier molecular flexibility index (Phi) is 2.85. The van der Waals surface area contributed by atoms with Crippen LogP contribution in [0.3, 0.4) is 0 Å². The molecule has 0 radical (unpaired) electrons. The maximum atomic E-state index is 4.30. The average molecular weight is 361 g/mol. The first-order valence-corrected chi connectivity index (χ1v) is 9.72. The quantitative estimate of drug-likeness (QED) is 0.188. The lowest BCUT2D eigenvalue weighted by Crippen LogP contribution is -2.29. The van der Waals surface area contributed by atoms with Crippen LogP contribution in [0.15, 0.2) is 67.4 Å². The van der Waals surface area contributed by atoms with Gasteiger partial charge in [0.2, 0.25) is 5.52 Å². The van der Waals surface area contributed by atoms with Crippen LogP contribution in [0.4, 0.5) is 0 Å². The molecule has 134 valence electrons. The molecule has 0 amide bonds. The molecule has 6 rings (SSSR count). The Hall–Kier alpha value is -3.39. The van der Waals surface area contributed by atoms with Crippen molar-refractivity contribution in [3.63, 3.8) is 0 Å². The second-order valence-corrected chi connectivity index (χ2v) is 7.99. The van der Waals surface area contributed by atoms with Gasteiger partial charge in [0.1, 0.15) is 7.05 Å². The molecule has 0 spiro atoms. The first kappa shape index (κ1) is 15.6. The van der Waals surface area contributed by atoms with Crippen molar-refractivity contribution in [2.75, 3.05) is 0 Å².